The predicted octanol–water partition coefficient (Wildman–Crippen LogP) is 4.02. The first kappa shape index (κ1) is 15.0. The SMILES string of the molecule is Fc1ccc(-c2ccc(CNCC3CSCCS3)o2)cc1. The first-order valence-electron chi connectivity index (χ1n) is 7.06. The summed E-state index contributed by atoms with van der Waals surface area (Å²) in [5.74, 6) is 5.25. The maximum atomic E-state index is 12.9. The van der Waals surface area contributed by atoms with Crippen molar-refractivity contribution in [2.45, 2.75) is 11.8 Å². The molecule has 1 fully saturated rings. The topological polar surface area (TPSA) is 25.2 Å². The van der Waals surface area contributed by atoms with Gasteiger partial charge in [0.05, 0.1) is 6.54 Å². The van der Waals surface area contributed by atoms with E-state index in [1.807, 2.05) is 23.9 Å². The minimum Gasteiger partial charge on any atom is -0.460 e. The Labute approximate surface area is 132 Å². The van der Waals surface area contributed by atoms with Crippen LogP contribution in [0.4, 0.5) is 4.39 Å². The Balaban J connectivity index is 1.51. The summed E-state index contributed by atoms with van der Waals surface area (Å²) >= 11 is 4.09. The third-order valence-corrected chi connectivity index (χ3v) is 6.19. The van der Waals surface area contributed by atoms with Crippen LogP contribution in [0.15, 0.2) is 40.8 Å². The van der Waals surface area contributed by atoms with Crippen LogP contribution in [0.2, 0.25) is 0 Å². The lowest BCUT2D eigenvalue weighted by atomic mass is 10.2. The molecule has 1 aromatic carbocycles. The summed E-state index contributed by atoms with van der Waals surface area (Å²) in [6, 6.07) is 10.3. The summed E-state index contributed by atoms with van der Waals surface area (Å²) in [6.07, 6.45) is 0. The van der Waals surface area contributed by atoms with Crippen LogP contribution < -0.4 is 5.32 Å². The maximum absolute atomic E-state index is 12.9. The van der Waals surface area contributed by atoms with Gasteiger partial charge in [-0.25, -0.2) is 4.39 Å². The highest BCUT2D eigenvalue weighted by Crippen LogP contribution is 2.24. The van der Waals surface area contributed by atoms with Crippen LogP contribution in [0, 0.1) is 5.82 Å². The molecule has 0 spiro atoms. The van der Waals surface area contributed by atoms with Crippen LogP contribution in [0.3, 0.4) is 0 Å². The Morgan fingerprint density at radius 1 is 1.14 bits per heavy atom. The van der Waals surface area contributed by atoms with Gasteiger partial charge in [-0.15, -0.1) is 0 Å². The summed E-state index contributed by atoms with van der Waals surface area (Å²) in [7, 11) is 0. The Kier molecular flexibility index (Phi) is 5.27. The van der Waals surface area contributed by atoms with Gasteiger partial charge in [-0.2, -0.15) is 23.5 Å². The zero-order valence-electron chi connectivity index (χ0n) is 11.7. The lowest BCUT2D eigenvalue weighted by molar-refractivity contribution is 0.495. The molecule has 1 N–H and O–H groups in total. The predicted molar refractivity (Wildman–Crippen MR) is 89.4 cm³/mol. The number of rotatable bonds is 5. The molecule has 0 aliphatic carbocycles. The Hall–Kier alpha value is -0.910. The van der Waals surface area contributed by atoms with Crippen LogP contribution in [-0.2, 0) is 6.54 Å². The van der Waals surface area contributed by atoms with E-state index in [0.29, 0.717) is 5.25 Å². The molecule has 5 heteroatoms. The van der Waals surface area contributed by atoms with Crippen LogP contribution in [-0.4, -0.2) is 29.1 Å². The van der Waals surface area contributed by atoms with Crippen LogP contribution in [0.1, 0.15) is 5.76 Å². The van der Waals surface area contributed by atoms with E-state index < -0.39 is 0 Å². The third kappa shape index (κ3) is 4.28. The van der Waals surface area contributed by atoms with Crippen molar-refractivity contribution in [3.63, 3.8) is 0 Å². The van der Waals surface area contributed by atoms with Crippen molar-refractivity contribution in [2.24, 2.45) is 0 Å². The van der Waals surface area contributed by atoms with Crippen molar-refractivity contribution in [3.8, 4) is 11.3 Å². The standard InChI is InChI=1S/C16H18FNOS2/c17-13-3-1-12(2-4-13)16-6-5-14(19-16)9-18-10-15-11-20-7-8-21-15/h1-6,15,18H,7-11H2. The van der Waals surface area contributed by atoms with Crippen LogP contribution >= 0.6 is 23.5 Å². The van der Waals surface area contributed by atoms with Gasteiger partial charge in [0, 0.05) is 34.6 Å². The number of furan rings is 1. The van der Waals surface area contributed by atoms with Gasteiger partial charge in [-0.3, -0.25) is 0 Å². The highest BCUT2D eigenvalue weighted by Gasteiger charge is 2.13. The molecular formula is C16H18FNOS2. The van der Waals surface area contributed by atoms with Crippen molar-refractivity contribution in [1.82, 2.24) is 5.32 Å². The van der Waals surface area contributed by atoms with E-state index in [4.69, 9.17) is 4.42 Å². The first-order valence-corrected chi connectivity index (χ1v) is 9.26. The van der Waals surface area contributed by atoms with Gasteiger partial charge in [0.2, 0.25) is 0 Å². The minimum absolute atomic E-state index is 0.227. The summed E-state index contributed by atoms with van der Waals surface area (Å²) in [5, 5.41) is 4.16. The number of benzene rings is 1. The molecule has 2 aromatic rings. The van der Waals surface area contributed by atoms with Crippen LogP contribution in [0.5, 0.6) is 0 Å². The van der Waals surface area contributed by atoms with Gasteiger partial charge >= 0.3 is 0 Å². The zero-order valence-corrected chi connectivity index (χ0v) is 13.3. The fraction of sp³-hybridized carbons (Fsp3) is 0.375. The lowest BCUT2D eigenvalue weighted by Crippen LogP contribution is -2.28. The van der Waals surface area contributed by atoms with Gasteiger partial charge in [0.25, 0.3) is 0 Å². The van der Waals surface area contributed by atoms with Gasteiger partial charge in [0.1, 0.15) is 17.3 Å². The summed E-state index contributed by atoms with van der Waals surface area (Å²) in [6.45, 7) is 1.76. The van der Waals surface area contributed by atoms with E-state index in [1.165, 1.54) is 29.4 Å². The average Bonchev–Trinajstić information content (AvgIpc) is 2.98. The summed E-state index contributed by atoms with van der Waals surface area (Å²) in [4.78, 5) is 0. The van der Waals surface area contributed by atoms with E-state index in [-0.39, 0.29) is 5.82 Å². The minimum atomic E-state index is -0.227. The normalized spacial score (nSPS) is 18.8. The average molecular weight is 323 g/mol. The molecule has 1 aliphatic heterocycles. The largest absolute Gasteiger partial charge is 0.460 e. The summed E-state index contributed by atoms with van der Waals surface area (Å²) < 4.78 is 18.7. The third-order valence-electron chi connectivity index (χ3n) is 3.35. The highest BCUT2D eigenvalue weighted by molar-refractivity contribution is 8.06. The fourth-order valence-electron chi connectivity index (χ4n) is 2.25. The van der Waals surface area contributed by atoms with Gasteiger partial charge in [-0.05, 0) is 36.4 Å². The zero-order chi connectivity index (χ0) is 14.5. The molecule has 3 rings (SSSR count). The molecule has 1 aliphatic rings. The first-order chi connectivity index (χ1) is 10.3. The monoisotopic (exact) mass is 323 g/mol. The number of hydrogen-bond donors (Lipinski definition) is 1. The number of hydrogen-bond acceptors (Lipinski definition) is 4. The second kappa shape index (κ2) is 7.38. The van der Waals surface area contributed by atoms with Crippen molar-refractivity contribution >= 4 is 23.5 Å². The number of nitrogens with one attached hydrogen (secondary N) is 1. The molecule has 0 saturated carbocycles. The molecule has 2 nitrogen and oxygen atoms in total. The molecule has 0 bridgehead atoms. The van der Waals surface area contributed by atoms with Gasteiger partial charge < -0.3 is 9.73 Å². The van der Waals surface area contributed by atoms with E-state index in [0.717, 1.165) is 30.2 Å². The molecule has 0 amide bonds. The maximum Gasteiger partial charge on any atom is 0.134 e. The van der Waals surface area contributed by atoms with Gasteiger partial charge in [0.15, 0.2) is 0 Å². The van der Waals surface area contributed by atoms with E-state index in [9.17, 15) is 4.39 Å². The molecule has 1 unspecified atom stereocenters. The van der Waals surface area contributed by atoms with Gasteiger partial charge in [-0.1, -0.05) is 0 Å². The van der Waals surface area contributed by atoms with E-state index in [2.05, 4.69) is 17.1 Å². The molecule has 2 heterocycles. The van der Waals surface area contributed by atoms with Crippen molar-refractivity contribution in [3.05, 3.63) is 48.0 Å². The molecule has 1 atom stereocenters. The number of thioether (sulfide) groups is 2. The molecule has 21 heavy (non-hydrogen) atoms. The molecule has 0 radical (unpaired) electrons. The van der Waals surface area contributed by atoms with Crippen molar-refractivity contribution in [2.75, 3.05) is 23.8 Å². The lowest BCUT2D eigenvalue weighted by Gasteiger charge is -2.20. The fourth-order valence-corrected chi connectivity index (χ4v) is 4.90. The second-order valence-corrected chi connectivity index (χ2v) is 7.53. The van der Waals surface area contributed by atoms with Crippen molar-refractivity contribution < 1.29 is 8.81 Å². The van der Waals surface area contributed by atoms with Crippen molar-refractivity contribution in [1.29, 1.82) is 0 Å². The second-order valence-electron chi connectivity index (χ2n) is 4.97. The summed E-state index contributed by atoms with van der Waals surface area (Å²) in [5.41, 5.74) is 0.905. The van der Waals surface area contributed by atoms with Crippen LogP contribution in [0.25, 0.3) is 11.3 Å². The number of halogens is 1. The Bertz CT molecular complexity index is 564. The quantitative estimate of drug-likeness (QED) is 0.898. The Morgan fingerprint density at radius 2 is 2.00 bits per heavy atom. The van der Waals surface area contributed by atoms with E-state index in [1.54, 1.807) is 12.1 Å². The Morgan fingerprint density at radius 3 is 2.76 bits per heavy atom. The highest BCUT2D eigenvalue weighted by atomic mass is 32.2. The smallest absolute Gasteiger partial charge is 0.134 e. The molecular weight excluding hydrogens is 305 g/mol. The molecule has 1 saturated heterocycles. The molecule has 1 aromatic heterocycles. The van der Waals surface area contributed by atoms with E-state index >= 15 is 0 Å². The molecule has 112 valence electrons.